The number of carboxylic acid groups (broad SMARTS) is 5. The summed E-state index contributed by atoms with van der Waals surface area (Å²) < 4.78 is 0. The van der Waals surface area contributed by atoms with Gasteiger partial charge in [-0.25, -0.2) is 0 Å². The van der Waals surface area contributed by atoms with Crippen molar-refractivity contribution in [3.63, 3.8) is 0 Å². The van der Waals surface area contributed by atoms with Crippen LogP contribution < -0.4 is 20.4 Å². The molecule has 0 amide bonds. The predicted octanol–water partition coefficient (Wildman–Crippen LogP) is 26.3. The fourth-order valence-electron chi connectivity index (χ4n) is 13.2. The van der Waals surface area contributed by atoms with Crippen molar-refractivity contribution >= 4 is 29.8 Å². The molecule has 0 bridgehead atoms. The van der Waals surface area contributed by atoms with Crippen molar-refractivity contribution in [3.8, 4) is 0 Å². The second kappa shape index (κ2) is 111. The smallest absolute Gasteiger partial charge is 0.550 e. The molecule has 0 aromatic carbocycles. The molecule has 0 unspecified atom stereocenters. The number of rotatable bonds is 80. The third-order valence-corrected chi connectivity index (χ3v) is 19.9. The molecule has 0 rings (SSSR count). The second-order valence-corrected chi connectivity index (χ2v) is 30.4. The van der Waals surface area contributed by atoms with Crippen LogP contribution in [0.1, 0.15) is 548 Å². The van der Waals surface area contributed by atoms with Gasteiger partial charge in [-0.05, 0) is 57.8 Å². The zero-order valence-electron chi connectivity index (χ0n) is 69.6. The predicted molar refractivity (Wildman–Crippen MR) is 425 cm³/mol. The SMILES string of the molecule is CCCCCCCCCCCCCCCCCC(=O)O.CCCCCCCCCCCCCCCCCC(=O)[O-].CCCCCCCCCCCCCCCCCC(=O)[O-].CCCCCCCCCCCCCCCCCC(=O)[O-].CCCCCCCCCCCCCCCCCC(=O)[O-].[Zn+2].[Zn+2]. The molecule has 0 saturated heterocycles. The number of hydrogen-bond donors (Lipinski definition) is 1. The normalized spacial score (nSPS) is 10.6. The average Bonchev–Trinajstić information content (AvgIpc) is 3.77. The summed E-state index contributed by atoms with van der Waals surface area (Å²) in [5.41, 5.74) is 0. The summed E-state index contributed by atoms with van der Waals surface area (Å²) in [7, 11) is 0. The summed E-state index contributed by atoms with van der Waals surface area (Å²) in [6.45, 7) is 11.3. The van der Waals surface area contributed by atoms with E-state index in [1.54, 1.807) is 0 Å². The second-order valence-electron chi connectivity index (χ2n) is 30.4. The largest absolute Gasteiger partial charge is 2.00 e. The van der Waals surface area contributed by atoms with E-state index in [4.69, 9.17) is 5.11 Å². The number of carbonyl (C=O) groups is 5. The minimum Gasteiger partial charge on any atom is -0.550 e. The summed E-state index contributed by atoms with van der Waals surface area (Å²) in [6, 6.07) is 0. The van der Waals surface area contributed by atoms with Gasteiger partial charge in [0.1, 0.15) is 0 Å². The van der Waals surface area contributed by atoms with Crippen LogP contribution in [-0.2, 0) is 62.9 Å². The van der Waals surface area contributed by atoms with Crippen LogP contribution in [0.5, 0.6) is 0 Å². The molecule has 12 heteroatoms. The monoisotopic (exact) mass is 1550 g/mol. The van der Waals surface area contributed by atoms with E-state index in [1.165, 1.54) is 417 Å². The van der Waals surface area contributed by atoms with Crippen molar-refractivity contribution in [2.24, 2.45) is 0 Å². The van der Waals surface area contributed by atoms with E-state index >= 15 is 0 Å². The van der Waals surface area contributed by atoms with Gasteiger partial charge in [0, 0.05) is 30.3 Å². The van der Waals surface area contributed by atoms with Crippen LogP contribution in [0, 0.1) is 0 Å². The molecule has 0 heterocycles. The molecule has 0 atom stereocenters. The van der Waals surface area contributed by atoms with Crippen LogP contribution in [0.15, 0.2) is 0 Å². The van der Waals surface area contributed by atoms with E-state index in [-0.39, 0.29) is 64.6 Å². The van der Waals surface area contributed by atoms with Gasteiger partial charge in [-0.3, -0.25) is 4.79 Å². The molecular weight excluding hydrogens is 1370 g/mol. The van der Waals surface area contributed by atoms with E-state index in [0.29, 0.717) is 6.42 Å². The summed E-state index contributed by atoms with van der Waals surface area (Å²) >= 11 is 0. The van der Waals surface area contributed by atoms with Crippen molar-refractivity contribution in [2.45, 2.75) is 548 Å². The fourth-order valence-corrected chi connectivity index (χ4v) is 13.2. The molecule has 0 aliphatic carbocycles. The van der Waals surface area contributed by atoms with Gasteiger partial charge < -0.3 is 44.7 Å². The van der Waals surface area contributed by atoms with Crippen LogP contribution in [0.4, 0.5) is 0 Å². The number of hydrogen-bond acceptors (Lipinski definition) is 9. The molecule has 0 fully saturated rings. The van der Waals surface area contributed by atoms with E-state index in [1.807, 2.05) is 0 Å². The maximum atomic E-state index is 10.3. The van der Waals surface area contributed by atoms with Crippen molar-refractivity contribution in [1.82, 2.24) is 0 Å². The van der Waals surface area contributed by atoms with E-state index in [0.717, 1.165) is 64.2 Å². The number of unbranched alkanes of at least 4 members (excludes halogenated alkanes) is 70. The Balaban J connectivity index is -0.000000220. The Bertz CT molecular complexity index is 1280. The first-order chi connectivity index (χ1) is 48.9. The molecule has 0 saturated carbocycles. The van der Waals surface area contributed by atoms with Crippen LogP contribution in [0.2, 0.25) is 0 Å². The molecule has 1 N–H and O–H groups in total. The van der Waals surface area contributed by atoms with Crippen molar-refractivity contribution in [1.29, 1.82) is 0 Å². The summed E-state index contributed by atoms with van der Waals surface area (Å²) in [6.07, 6.45) is 99.6. The zero-order chi connectivity index (χ0) is 74.5. The Morgan fingerprint density at radius 3 is 0.314 bits per heavy atom. The molecule has 0 aliphatic heterocycles. The van der Waals surface area contributed by atoms with Crippen molar-refractivity contribution in [2.75, 3.05) is 0 Å². The molecule has 102 heavy (non-hydrogen) atoms. The molecule has 0 aromatic rings. The first-order valence-electron chi connectivity index (χ1n) is 44.9. The topological polar surface area (TPSA) is 198 Å². The molecule has 0 aliphatic rings. The number of carboxylic acids is 5. The molecule has 0 spiro atoms. The Hall–Kier alpha value is -1.40. The zero-order valence-corrected chi connectivity index (χ0v) is 75.5. The fraction of sp³-hybridized carbons (Fsp3) is 0.944. The Labute approximate surface area is 662 Å². The van der Waals surface area contributed by atoms with E-state index < -0.39 is 29.8 Å². The van der Waals surface area contributed by atoms with Gasteiger partial charge >= 0.3 is 44.9 Å². The maximum Gasteiger partial charge on any atom is 2.00 e. The molecule has 0 radical (unpaired) electrons. The maximum absolute atomic E-state index is 10.3. The number of aliphatic carboxylic acids is 5. The van der Waals surface area contributed by atoms with Crippen LogP contribution in [0.3, 0.4) is 0 Å². The molecule has 10 nitrogen and oxygen atoms in total. The van der Waals surface area contributed by atoms with Gasteiger partial charge in [-0.2, -0.15) is 0 Å². The Kier molecular flexibility index (Phi) is 123. The minimum absolute atomic E-state index is 0. The first-order valence-corrected chi connectivity index (χ1v) is 44.9. The Morgan fingerprint density at radius 1 is 0.157 bits per heavy atom. The quantitative estimate of drug-likeness (QED) is 0.0452. The standard InChI is InChI=1S/5C18H36O2.2Zn/c5*1-2-3-4-5-6-7-8-9-10-11-12-13-14-15-16-17-18(19)20;;/h5*2-17H2,1H3,(H,19,20);;/q;;;;;2*+2/p-4. The van der Waals surface area contributed by atoms with Gasteiger partial charge in [0.15, 0.2) is 0 Å². The van der Waals surface area contributed by atoms with Crippen LogP contribution in [-0.4, -0.2) is 35.0 Å². The van der Waals surface area contributed by atoms with Gasteiger partial charge in [0.25, 0.3) is 0 Å². The third-order valence-electron chi connectivity index (χ3n) is 19.9. The van der Waals surface area contributed by atoms with Gasteiger partial charge in [-0.1, -0.05) is 484 Å². The van der Waals surface area contributed by atoms with Crippen LogP contribution in [0.25, 0.3) is 0 Å². The average molecular weight is 1550 g/mol. The summed E-state index contributed by atoms with van der Waals surface area (Å²) in [4.78, 5) is 51.2. The van der Waals surface area contributed by atoms with Crippen molar-refractivity contribution in [3.05, 3.63) is 0 Å². The first kappa shape index (κ1) is 114. The summed E-state index contributed by atoms with van der Waals surface area (Å²) in [5, 5.41) is 49.4. The van der Waals surface area contributed by atoms with Crippen LogP contribution >= 0.6 is 0 Å². The minimum atomic E-state index is -0.903. The third kappa shape index (κ3) is 134. The molecule has 0 aromatic heterocycles. The van der Waals surface area contributed by atoms with Gasteiger partial charge in [-0.15, -0.1) is 0 Å². The number of carbonyl (C=O) groups excluding carboxylic acids is 4. The van der Waals surface area contributed by atoms with Crippen molar-refractivity contribution < 1.29 is 88.5 Å². The summed E-state index contributed by atoms with van der Waals surface area (Å²) in [5.74, 6) is -4.27. The van der Waals surface area contributed by atoms with E-state index in [9.17, 15) is 44.4 Å². The molecule has 600 valence electrons. The van der Waals surface area contributed by atoms with E-state index in [2.05, 4.69) is 34.6 Å². The Morgan fingerprint density at radius 2 is 0.235 bits per heavy atom. The van der Waals surface area contributed by atoms with Gasteiger partial charge in [0.2, 0.25) is 0 Å². The molecular formula is C90H176O10Zn2. The van der Waals surface area contributed by atoms with Gasteiger partial charge in [0.05, 0.1) is 0 Å².